The van der Waals surface area contributed by atoms with E-state index in [1.165, 1.54) is 0 Å². The van der Waals surface area contributed by atoms with Gasteiger partial charge in [0.1, 0.15) is 0 Å². The molecule has 0 aliphatic heterocycles. The Bertz CT molecular complexity index is 1140. The predicted molar refractivity (Wildman–Crippen MR) is 106 cm³/mol. The second-order valence-corrected chi connectivity index (χ2v) is 7.19. The van der Waals surface area contributed by atoms with Crippen LogP contribution in [-0.2, 0) is 13.2 Å². The number of hydrogen-bond acceptors (Lipinski definition) is 6. The van der Waals surface area contributed by atoms with Crippen molar-refractivity contribution in [1.82, 2.24) is 19.7 Å². The van der Waals surface area contributed by atoms with Crippen LogP contribution in [0.5, 0.6) is 0 Å². The van der Waals surface area contributed by atoms with Crippen molar-refractivity contribution in [1.29, 1.82) is 0 Å². The van der Waals surface area contributed by atoms with Crippen LogP contribution >= 0.6 is 11.6 Å². The first-order valence-electron chi connectivity index (χ1n) is 8.92. The fraction of sp³-hybridized carbons (Fsp3) is 0.250. The largest absolute Gasteiger partial charge is 0.421 e. The zero-order valence-electron chi connectivity index (χ0n) is 15.5. The Morgan fingerprint density at radius 3 is 2.57 bits per heavy atom. The molecule has 144 valence electrons. The van der Waals surface area contributed by atoms with Gasteiger partial charge in [0.2, 0.25) is 11.8 Å². The maximum Gasteiger partial charge on any atom is 0.421 e. The summed E-state index contributed by atoms with van der Waals surface area (Å²) in [7, 11) is 0. The summed E-state index contributed by atoms with van der Waals surface area (Å²) < 4.78 is 12.7. The van der Waals surface area contributed by atoms with Crippen LogP contribution in [-0.4, -0.2) is 25.7 Å². The summed E-state index contributed by atoms with van der Waals surface area (Å²) in [5, 5.41) is 8.91. The van der Waals surface area contributed by atoms with E-state index in [0.29, 0.717) is 35.6 Å². The van der Waals surface area contributed by atoms with E-state index in [1.807, 2.05) is 44.2 Å². The Kier molecular flexibility index (Phi) is 5.02. The molecule has 0 spiro atoms. The number of halogens is 1. The molecule has 2 aromatic carbocycles. The highest BCUT2D eigenvalue weighted by Gasteiger charge is 2.19. The molecule has 0 aliphatic carbocycles. The van der Waals surface area contributed by atoms with Crippen LogP contribution in [0.3, 0.4) is 0 Å². The molecule has 0 aliphatic rings. The number of hydrogen-bond donors (Lipinski definition) is 0. The smallest absolute Gasteiger partial charge is 0.419 e. The van der Waals surface area contributed by atoms with E-state index in [1.54, 1.807) is 22.8 Å². The highest BCUT2D eigenvalue weighted by molar-refractivity contribution is 6.30. The fourth-order valence-corrected chi connectivity index (χ4v) is 3.05. The van der Waals surface area contributed by atoms with Crippen LogP contribution in [0, 0.1) is 0 Å². The molecule has 0 bridgehead atoms. The first kappa shape index (κ1) is 18.5. The Morgan fingerprint density at radius 1 is 1.07 bits per heavy atom. The topological polar surface area (TPSA) is 77.3 Å². The minimum absolute atomic E-state index is 0.145. The molecule has 2 heterocycles. The normalized spacial score (nSPS) is 11.8. The quantitative estimate of drug-likeness (QED) is 0.485. The van der Waals surface area contributed by atoms with E-state index >= 15 is 0 Å². The van der Waals surface area contributed by atoms with Crippen molar-refractivity contribution in [3.63, 3.8) is 0 Å². The SMILES string of the molecule is CC(C)N(Cc1nnc(-c2ccc(Cl)cc2)o1)Cn1c(=O)oc2ccccc21. The summed E-state index contributed by atoms with van der Waals surface area (Å²) in [5.41, 5.74) is 2.13. The number of oxazole rings is 1. The summed E-state index contributed by atoms with van der Waals surface area (Å²) in [5.74, 6) is 0.514. The zero-order chi connectivity index (χ0) is 19.7. The summed E-state index contributed by atoms with van der Waals surface area (Å²) in [6.45, 7) is 4.85. The lowest BCUT2D eigenvalue weighted by atomic mass is 10.2. The van der Waals surface area contributed by atoms with Crippen LogP contribution in [0.15, 0.2) is 62.2 Å². The van der Waals surface area contributed by atoms with Gasteiger partial charge in [-0.25, -0.2) is 4.79 Å². The van der Waals surface area contributed by atoms with Gasteiger partial charge in [-0.3, -0.25) is 9.47 Å². The third-order valence-electron chi connectivity index (χ3n) is 4.52. The van der Waals surface area contributed by atoms with E-state index in [-0.39, 0.29) is 11.8 Å². The molecule has 4 rings (SSSR count). The molecule has 8 heteroatoms. The zero-order valence-corrected chi connectivity index (χ0v) is 16.3. The lowest BCUT2D eigenvalue weighted by molar-refractivity contribution is 0.146. The molecular weight excluding hydrogens is 380 g/mol. The lowest BCUT2D eigenvalue weighted by Crippen LogP contribution is -2.35. The van der Waals surface area contributed by atoms with Crippen LogP contribution in [0.25, 0.3) is 22.6 Å². The average molecular weight is 399 g/mol. The molecule has 0 atom stereocenters. The summed E-state index contributed by atoms with van der Waals surface area (Å²) in [6, 6.07) is 14.7. The molecule has 0 N–H and O–H groups in total. The van der Waals surface area contributed by atoms with E-state index < -0.39 is 0 Å². The van der Waals surface area contributed by atoms with Gasteiger partial charge in [-0.2, -0.15) is 0 Å². The highest BCUT2D eigenvalue weighted by atomic mass is 35.5. The number of benzene rings is 2. The summed E-state index contributed by atoms with van der Waals surface area (Å²) in [6.07, 6.45) is 0. The first-order chi connectivity index (χ1) is 13.5. The van der Waals surface area contributed by atoms with Gasteiger partial charge in [-0.1, -0.05) is 23.7 Å². The second kappa shape index (κ2) is 7.61. The predicted octanol–water partition coefficient (Wildman–Crippen LogP) is 4.17. The number of nitrogens with zero attached hydrogens (tertiary/aromatic N) is 4. The maximum atomic E-state index is 12.3. The monoisotopic (exact) mass is 398 g/mol. The molecule has 0 amide bonds. The Morgan fingerprint density at radius 2 is 1.82 bits per heavy atom. The molecule has 0 saturated heterocycles. The van der Waals surface area contributed by atoms with Gasteiger partial charge in [0.05, 0.1) is 18.7 Å². The van der Waals surface area contributed by atoms with Crippen LogP contribution in [0.4, 0.5) is 0 Å². The van der Waals surface area contributed by atoms with Gasteiger partial charge < -0.3 is 8.83 Å². The Hall–Kier alpha value is -2.90. The summed E-state index contributed by atoms with van der Waals surface area (Å²) >= 11 is 5.92. The van der Waals surface area contributed by atoms with Crippen molar-refractivity contribution in [2.24, 2.45) is 0 Å². The van der Waals surface area contributed by atoms with Gasteiger partial charge >= 0.3 is 5.76 Å². The lowest BCUT2D eigenvalue weighted by Gasteiger charge is -2.24. The summed E-state index contributed by atoms with van der Waals surface area (Å²) in [4.78, 5) is 14.3. The second-order valence-electron chi connectivity index (χ2n) is 6.75. The molecular formula is C20H19ClN4O3. The number of aromatic nitrogens is 3. The Labute approximate surface area is 166 Å². The minimum Gasteiger partial charge on any atom is -0.419 e. The van der Waals surface area contributed by atoms with Crippen molar-refractivity contribution in [3.05, 3.63) is 70.0 Å². The maximum absolute atomic E-state index is 12.3. The highest BCUT2D eigenvalue weighted by Crippen LogP contribution is 2.21. The number of para-hydroxylation sites is 2. The van der Waals surface area contributed by atoms with Crippen molar-refractivity contribution < 1.29 is 8.83 Å². The van der Waals surface area contributed by atoms with Crippen molar-refractivity contribution in [2.75, 3.05) is 0 Å². The van der Waals surface area contributed by atoms with E-state index in [4.69, 9.17) is 20.4 Å². The average Bonchev–Trinajstić information content (AvgIpc) is 3.26. The molecule has 0 radical (unpaired) electrons. The van der Waals surface area contributed by atoms with Gasteiger partial charge in [-0.05, 0) is 50.2 Å². The van der Waals surface area contributed by atoms with E-state index in [2.05, 4.69) is 15.1 Å². The van der Waals surface area contributed by atoms with Crippen molar-refractivity contribution in [2.45, 2.75) is 33.1 Å². The standard InChI is InChI=1S/C20H19ClN4O3/c1-13(2)24(12-25-16-5-3-4-6-17(16)27-20(25)26)11-18-22-23-19(28-18)14-7-9-15(21)10-8-14/h3-10,13H,11-12H2,1-2H3. The molecule has 28 heavy (non-hydrogen) atoms. The first-order valence-corrected chi connectivity index (χ1v) is 9.30. The molecule has 2 aromatic heterocycles. The molecule has 0 saturated carbocycles. The van der Waals surface area contributed by atoms with Gasteiger partial charge in [0.15, 0.2) is 5.58 Å². The van der Waals surface area contributed by atoms with Gasteiger partial charge in [0, 0.05) is 16.6 Å². The molecule has 4 aromatic rings. The third-order valence-corrected chi connectivity index (χ3v) is 4.78. The van der Waals surface area contributed by atoms with Gasteiger partial charge in [0.25, 0.3) is 0 Å². The van der Waals surface area contributed by atoms with Gasteiger partial charge in [-0.15, -0.1) is 10.2 Å². The molecule has 0 unspecified atom stereocenters. The molecule has 0 fully saturated rings. The number of rotatable bonds is 6. The van der Waals surface area contributed by atoms with Crippen molar-refractivity contribution >= 4 is 22.7 Å². The Balaban J connectivity index is 1.57. The minimum atomic E-state index is -0.390. The number of fused-ring (bicyclic) bond motifs is 1. The van der Waals surface area contributed by atoms with Crippen LogP contribution < -0.4 is 5.76 Å². The van der Waals surface area contributed by atoms with E-state index in [0.717, 1.165) is 11.1 Å². The molecule has 7 nitrogen and oxygen atoms in total. The van der Waals surface area contributed by atoms with Crippen molar-refractivity contribution in [3.8, 4) is 11.5 Å². The van der Waals surface area contributed by atoms with Crippen LogP contribution in [0.2, 0.25) is 5.02 Å². The van der Waals surface area contributed by atoms with Crippen LogP contribution in [0.1, 0.15) is 19.7 Å². The fourth-order valence-electron chi connectivity index (χ4n) is 2.93. The third kappa shape index (κ3) is 3.72. The van der Waals surface area contributed by atoms with E-state index in [9.17, 15) is 4.79 Å².